The molecule has 0 aromatic rings. The van der Waals surface area contributed by atoms with Gasteiger partial charge in [-0.3, -0.25) is 0 Å². The van der Waals surface area contributed by atoms with Crippen LogP contribution in [0.25, 0.3) is 0 Å². The predicted molar refractivity (Wildman–Crippen MR) is 217 cm³/mol. The zero-order valence-corrected chi connectivity index (χ0v) is 35.5. The number of aliphatic hydroxyl groups is 6. The minimum absolute atomic E-state index is 0.115. The summed E-state index contributed by atoms with van der Waals surface area (Å²) in [6.07, 6.45) is 23.2. The Bertz CT molecular complexity index is 1090. The number of hydrogen-bond donors (Lipinski definition) is 6. The van der Waals surface area contributed by atoms with E-state index in [1.54, 1.807) is 13.8 Å². The Hall–Kier alpha value is -1.06. The summed E-state index contributed by atoms with van der Waals surface area (Å²) in [4.78, 5) is 0. The van der Waals surface area contributed by atoms with Gasteiger partial charge in [0.1, 0.15) is 0 Å². The lowest BCUT2D eigenvalue weighted by Crippen LogP contribution is -2.38. The third kappa shape index (κ3) is 23.0. The van der Waals surface area contributed by atoms with Crippen LogP contribution in [0.2, 0.25) is 0 Å². The standard InChI is InChI=1S/C45H84O7/c1-36(19-12-21-38(3)24-35-46)18-11-20-37(2)22-13-25-41(6,48)26-14-27-42(7,49)28-15-29-43(8,50)30-16-31-44(9,51)32-17-33-45(10)34-23-39(52-45)40(4,5)47/h19-20,24,39,46-51H,11-18,21-23,25-35H2,1-10H3. The largest absolute Gasteiger partial charge is 0.392 e. The highest BCUT2D eigenvalue weighted by Crippen LogP contribution is 2.39. The molecule has 306 valence electrons. The molecule has 6 unspecified atom stereocenters. The Morgan fingerprint density at radius 1 is 0.577 bits per heavy atom. The first-order valence-corrected chi connectivity index (χ1v) is 20.8. The minimum atomic E-state index is -0.840. The lowest BCUT2D eigenvalue weighted by molar-refractivity contribution is -0.119. The monoisotopic (exact) mass is 737 g/mol. The van der Waals surface area contributed by atoms with Gasteiger partial charge in [0, 0.05) is 0 Å². The fraction of sp³-hybridized carbons (Fsp3) is 0.867. The summed E-state index contributed by atoms with van der Waals surface area (Å²) < 4.78 is 6.20. The molecule has 7 nitrogen and oxygen atoms in total. The SMILES string of the molecule is CC(=CCO)CCC=C(C)CCC=C(C)CCCC(C)(O)CCCC(C)(O)CCCC(C)(O)CCCC(C)(O)CCCC1(C)CCC(C(C)(C)O)O1. The van der Waals surface area contributed by atoms with Gasteiger partial charge in [0.15, 0.2) is 0 Å². The van der Waals surface area contributed by atoms with Gasteiger partial charge in [0.25, 0.3) is 0 Å². The highest BCUT2D eigenvalue weighted by atomic mass is 16.5. The van der Waals surface area contributed by atoms with Crippen molar-refractivity contribution in [2.45, 2.75) is 244 Å². The first-order valence-electron chi connectivity index (χ1n) is 20.8. The van der Waals surface area contributed by atoms with Crippen LogP contribution in [0.1, 0.15) is 204 Å². The molecule has 1 heterocycles. The molecular formula is C45H84O7. The number of aliphatic hydroxyl groups excluding tert-OH is 1. The Morgan fingerprint density at radius 3 is 1.33 bits per heavy atom. The maximum Gasteiger partial charge on any atom is 0.0864 e. The van der Waals surface area contributed by atoms with Crippen LogP contribution in [-0.2, 0) is 4.74 Å². The summed E-state index contributed by atoms with van der Waals surface area (Å²) in [6, 6.07) is 0. The molecule has 0 saturated carbocycles. The zero-order chi connectivity index (χ0) is 39.7. The van der Waals surface area contributed by atoms with Crippen LogP contribution in [-0.4, -0.2) is 77.0 Å². The summed E-state index contributed by atoms with van der Waals surface area (Å²) in [6.45, 7) is 19.8. The predicted octanol–water partition coefficient (Wildman–Crippen LogP) is 9.94. The molecule has 0 spiro atoms. The molecule has 7 heteroatoms. The van der Waals surface area contributed by atoms with Gasteiger partial charge in [0.05, 0.1) is 46.3 Å². The second-order valence-electron chi connectivity index (χ2n) is 18.9. The fourth-order valence-electron chi connectivity index (χ4n) is 7.77. The van der Waals surface area contributed by atoms with Crippen LogP contribution in [0.4, 0.5) is 0 Å². The van der Waals surface area contributed by atoms with E-state index in [-0.39, 0.29) is 18.3 Å². The van der Waals surface area contributed by atoms with Crippen molar-refractivity contribution in [3.05, 3.63) is 34.9 Å². The van der Waals surface area contributed by atoms with Crippen molar-refractivity contribution < 1.29 is 35.4 Å². The van der Waals surface area contributed by atoms with E-state index < -0.39 is 28.0 Å². The lowest BCUT2D eigenvalue weighted by Gasteiger charge is -2.32. The molecular weight excluding hydrogens is 652 g/mol. The minimum Gasteiger partial charge on any atom is -0.392 e. The van der Waals surface area contributed by atoms with E-state index in [9.17, 15) is 25.5 Å². The highest BCUT2D eigenvalue weighted by Gasteiger charge is 2.42. The Labute approximate surface area is 320 Å². The maximum absolute atomic E-state index is 11.0. The second-order valence-corrected chi connectivity index (χ2v) is 18.9. The van der Waals surface area contributed by atoms with E-state index in [0.29, 0.717) is 44.9 Å². The Kier molecular flexibility index (Phi) is 21.2. The van der Waals surface area contributed by atoms with Crippen molar-refractivity contribution >= 4 is 0 Å². The van der Waals surface area contributed by atoms with Gasteiger partial charge in [-0.15, -0.1) is 0 Å². The molecule has 1 aliphatic heterocycles. The van der Waals surface area contributed by atoms with Gasteiger partial charge in [-0.2, -0.15) is 0 Å². The number of rotatable bonds is 28. The average molecular weight is 737 g/mol. The molecule has 0 aliphatic carbocycles. The fourth-order valence-corrected chi connectivity index (χ4v) is 7.77. The van der Waals surface area contributed by atoms with E-state index in [0.717, 1.165) is 89.9 Å². The normalized spacial score (nSPS) is 24.0. The van der Waals surface area contributed by atoms with Crippen molar-refractivity contribution in [1.29, 1.82) is 0 Å². The van der Waals surface area contributed by atoms with Crippen LogP contribution in [0.5, 0.6) is 0 Å². The van der Waals surface area contributed by atoms with E-state index in [1.165, 1.54) is 16.7 Å². The topological polar surface area (TPSA) is 131 Å². The first kappa shape index (κ1) is 49.0. The third-order valence-corrected chi connectivity index (χ3v) is 11.7. The van der Waals surface area contributed by atoms with Crippen LogP contribution >= 0.6 is 0 Å². The number of allylic oxidation sites excluding steroid dienone is 5. The quantitative estimate of drug-likeness (QED) is 0.0441. The highest BCUT2D eigenvalue weighted by molar-refractivity contribution is 5.06. The van der Waals surface area contributed by atoms with Crippen molar-refractivity contribution in [2.24, 2.45) is 0 Å². The zero-order valence-electron chi connectivity index (χ0n) is 35.5. The van der Waals surface area contributed by atoms with E-state index in [4.69, 9.17) is 9.84 Å². The molecule has 1 aliphatic rings. The lowest BCUT2D eigenvalue weighted by atomic mass is 9.84. The molecule has 6 atom stereocenters. The molecule has 0 radical (unpaired) electrons. The van der Waals surface area contributed by atoms with Crippen LogP contribution in [0.3, 0.4) is 0 Å². The van der Waals surface area contributed by atoms with Crippen LogP contribution < -0.4 is 0 Å². The molecule has 0 amide bonds. The van der Waals surface area contributed by atoms with E-state index in [1.807, 2.05) is 33.8 Å². The number of ether oxygens (including phenoxy) is 1. The van der Waals surface area contributed by atoms with Gasteiger partial charge in [-0.05, 0) is 204 Å². The van der Waals surface area contributed by atoms with E-state index >= 15 is 0 Å². The number of hydrogen-bond acceptors (Lipinski definition) is 7. The summed E-state index contributed by atoms with van der Waals surface area (Å²) in [7, 11) is 0. The molecule has 1 rings (SSSR count). The van der Waals surface area contributed by atoms with Crippen LogP contribution in [0, 0.1) is 0 Å². The average Bonchev–Trinajstić information content (AvgIpc) is 3.39. The van der Waals surface area contributed by atoms with Gasteiger partial charge >= 0.3 is 0 Å². The van der Waals surface area contributed by atoms with Crippen molar-refractivity contribution in [1.82, 2.24) is 0 Å². The second kappa shape index (κ2) is 22.5. The maximum atomic E-state index is 11.0. The van der Waals surface area contributed by atoms with E-state index in [2.05, 4.69) is 39.8 Å². The van der Waals surface area contributed by atoms with Crippen molar-refractivity contribution in [3.8, 4) is 0 Å². The molecule has 0 aromatic heterocycles. The molecule has 6 N–H and O–H groups in total. The molecule has 1 fully saturated rings. The molecule has 0 bridgehead atoms. The smallest absolute Gasteiger partial charge is 0.0864 e. The van der Waals surface area contributed by atoms with Crippen molar-refractivity contribution in [2.75, 3.05) is 6.61 Å². The Morgan fingerprint density at radius 2 is 0.942 bits per heavy atom. The van der Waals surface area contributed by atoms with Gasteiger partial charge in [-0.25, -0.2) is 0 Å². The van der Waals surface area contributed by atoms with Gasteiger partial charge in [-0.1, -0.05) is 34.9 Å². The van der Waals surface area contributed by atoms with Crippen LogP contribution in [0.15, 0.2) is 34.9 Å². The first-order chi connectivity index (χ1) is 23.9. The van der Waals surface area contributed by atoms with Gasteiger partial charge in [0.2, 0.25) is 0 Å². The van der Waals surface area contributed by atoms with Gasteiger partial charge < -0.3 is 35.4 Å². The summed E-state index contributed by atoms with van der Waals surface area (Å²) in [5.41, 5.74) is -0.291. The Balaban J connectivity index is 2.27. The molecule has 52 heavy (non-hydrogen) atoms. The summed E-state index contributed by atoms with van der Waals surface area (Å²) >= 11 is 0. The third-order valence-electron chi connectivity index (χ3n) is 11.7. The molecule has 0 aromatic carbocycles. The molecule has 1 saturated heterocycles. The summed E-state index contributed by atoms with van der Waals surface area (Å²) in [5.74, 6) is 0. The van der Waals surface area contributed by atoms with Crippen molar-refractivity contribution in [3.63, 3.8) is 0 Å². The summed E-state index contributed by atoms with van der Waals surface area (Å²) in [5, 5.41) is 63.4.